The summed E-state index contributed by atoms with van der Waals surface area (Å²) in [5.74, 6) is 0.687. The van der Waals surface area contributed by atoms with Crippen LogP contribution in [0, 0.1) is 11.3 Å². The van der Waals surface area contributed by atoms with Crippen molar-refractivity contribution in [3.8, 4) is 0 Å². The Bertz CT molecular complexity index is 412. The van der Waals surface area contributed by atoms with Crippen molar-refractivity contribution in [2.75, 3.05) is 6.54 Å². The summed E-state index contributed by atoms with van der Waals surface area (Å²) in [5, 5.41) is 3.05. The van der Waals surface area contributed by atoms with Gasteiger partial charge < -0.3 is 11.1 Å². The lowest BCUT2D eigenvalue weighted by atomic mass is 9.62. The van der Waals surface area contributed by atoms with Gasteiger partial charge in [-0.2, -0.15) is 0 Å². The Hall–Kier alpha value is -1.42. The van der Waals surface area contributed by atoms with E-state index in [0.717, 1.165) is 18.4 Å². The minimum absolute atomic E-state index is 0.0227. The summed E-state index contributed by atoms with van der Waals surface area (Å²) in [6.45, 7) is 4.57. The van der Waals surface area contributed by atoms with Crippen LogP contribution < -0.4 is 11.1 Å². The van der Waals surface area contributed by atoms with Crippen LogP contribution in [0.3, 0.4) is 0 Å². The lowest BCUT2D eigenvalue weighted by Crippen LogP contribution is -2.53. The number of nitrogens with one attached hydrogen (secondary N) is 1. The minimum Gasteiger partial charge on any atom is -0.349 e. The van der Waals surface area contributed by atoms with Gasteiger partial charge in [0, 0.05) is 18.9 Å². The van der Waals surface area contributed by atoms with E-state index in [9.17, 15) is 4.79 Å². The van der Waals surface area contributed by atoms with Gasteiger partial charge in [0.1, 0.15) is 0 Å². The molecule has 1 aliphatic rings. The molecule has 0 radical (unpaired) electrons. The normalized spacial score (nSPS) is 28.3. The predicted octanol–water partition coefficient (Wildman–Crippen LogP) is 1.63. The van der Waals surface area contributed by atoms with Crippen LogP contribution in [0.5, 0.6) is 0 Å². The first-order chi connectivity index (χ1) is 8.57. The summed E-state index contributed by atoms with van der Waals surface area (Å²) >= 11 is 0. The zero-order valence-electron chi connectivity index (χ0n) is 11.0. The van der Waals surface area contributed by atoms with E-state index < -0.39 is 0 Å². The van der Waals surface area contributed by atoms with E-state index in [1.807, 2.05) is 19.1 Å². The lowest BCUT2D eigenvalue weighted by Gasteiger charge is -2.44. The van der Waals surface area contributed by atoms with E-state index in [1.165, 1.54) is 0 Å². The number of carbonyl (C=O) groups is 1. The molecule has 1 atom stereocenters. The number of rotatable bonds is 4. The highest BCUT2D eigenvalue weighted by atomic mass is 16.2. The molecule has 1 heterocycles. The SMILES string of the molecule is CC1CC(CN)(C(=O)NC(C)c2cccnc2)C1. The number of amides is 1. The third kappa shape index (κ3) is 2.38. The van der Waals surface area contributed by atoms with E-state index in [2.05, 4.69) is 17.2 Å². The lowest BCUT2D eigenvalue weighted by molar-refractivity contribution is -0.138. The van der Waals surface area contributed by atoms with Crippen LogP contribution in [0.25, 0.3) is 0 Å². The van der Waals surface area contributed by atoms with Gasteiger partial charge in [0.05, 0.1) is 11.5 Å². The molecule has 1 unspecified atom stereocenters. The second kappa shape index (κ2) is 5.06. The molecule has 2 rings (SSSR count). The molecule has 0 aromatic carbocycles. The van der Waals surface area contributed by atoms with Crippen molar-refractivity contribution in [3.63, 3.8) is 0 Å². The molecule has 3 N–H and O–H groups in total. The molecule has 0 saturated heterocycles. The molecule has 0 aliphatic heterocycles. The molecule has 0 spiro atoms. The summed E-state index contributed by atoms with van der Waals surface area (Å²) in [5.41, 5.74) is 6.45. The van der Waals surface area contributed by atoms with Crippen LogP contribution in [0.1, 0.15) is 38.3 Å². The molecule has 98 valence electrons. The predicted molar refractivity (Wildman–Crippen MR) is 70.7 cm³/mol. The summed E-state index contributed by atoms with van der Waals surface area (Å²) in [4.78, 5) is 16.4. The third-order valence-electron chi connectivity index (χ3n) is 3.88. The van der Waals surface area contributed by atoms with Gasteiger partial charge in [-0.15, -0.1) is 0 Å². The first kappa shape index (κ1) is 13.0. The Labute approximate surface area is 108 Å². The maximum Gasteiger partial charge on any atom is 0.227 e. The number of nitrogens with two attached hydrogens (primary N) is 1. The van der Waals surface area contributed by atoms with Crippen molar-refractivity contribution < 1.29 is 4.79 Å². The van der Waals surface area contributed by atoms with Crippen molar-refractivity contribution in [2.45, 2.75) is 32.7 Å². The van der Waals surface area contributed by atoms with Crippen molar-refractivity contribution in [1.82, 2.24) is 10.3 Å². The van der Waals surface area contributed by atoms with Gasteiger partial charge in [0.15, 0.2) is 0 Å². The number of hydrogen-bond donors (Lipinski definition) is 2. The Balaban J connectivity index is 1.99. The molecule has 1 saturated carbocycles. The second-order valence-corrected chi connectivity index (χ2v) is 5.48. The monoisotopic (exact) mass is 247 g/mol. The van der Waals surface area contributed by atoms with E-state index in [-0.39, 0.29) is 17.4 Å². The molecule has 4 nitrogen and oxygen atoms in total. The van der Waals surface area contributed by atoms with E-state index in [4.69, 9.17) is 5.73 Å². The van der Waals surface area contributed by atoms with Gasteiger partial charge in [0.25, 0.3) is 0 Å². The second-order valence-electron chi connectivity index (χ2n) is 5.48. The number of nitrogens with zero attached hydrogens (tertiary/aromatic N) is 1. The molecular weight excluding hydrogens is 226 g/mol. The van der Waals surface area contributed by atoms with Crippen LogP contribution in [-0.2, 0) is 4.79 Å². The van der Waals surface area contributed by atoms with Crippen LogP contribution in [0.15, 0.2) is 24.5 Å². The first-order valence-electron chi connectivity index (χ1n) is 6.48. The van der Waals surface area contributed by atoms with Gasteiger partial charge in [-0.05, 0) is 37.3 Å². The maximum absolute atomic E-state index is 12.3. The number of aromatic nitrogens is 1. The van der Waals surface area contributed by atoms with Crippen molar-refractivity contribution in [1.29, 1.82) is 0 Å². The molecule has 0 bridgehead atoms. The van der Waals surface area contributed by atoms with Crippen LogP contribution >= 0.6 is 0 Å². The molecular formula is C14H21N3O. The molecule has 18 heavy (non-hydrogen) atoms. The number of carbonyl (C=O) groups excluding carboxylic acids is 1. The average Bonchev–Trinajstić information content (AvgIpc) is 2.35. The van der Waals surface area contributed by atoms with Crippen LogP contribution in [0.4, 0.5) is 0 Å². The fraction of sp³-hybridized carbons (Fsp3) is 0.571. The Morgan fingerprint density at radius 3 is 2.89 bits per heavy atom. The van der Waals surface area contributed by atoms with Crippen molar-refractivity contribution >= 4 is 5.91 Å². The Morgan fingerprint density at radius 2 is 2.39 bits per heavy atom. The highest BCUT2D eigenvalue weighted by Gasteiger charge is 2.47. The molecule has 4 heteroatoms. The van der Waals surface area contributed by atoms with Gasteiger partial charge in [-0.3, -0.25) is 9.78 Å². The number of hydrogen-bond acceptors (Lipinski definition) is 3. The van der Waals surface area contributed by atoms with Gasteiger partial charge >= 0.3 is 0 Å². The highest BCUT2D eigenvalue weighted by molar-refractivity contribution is 5.84. The third-order valence-corrected chi connectivity index (χ3v) is 3.88. The van der Waals surface area contributed by atoms with Gasteiger partial charge in [-0.1, -0.05) is 13.0 Å². The van der Waals surface area contributed by atoms with Crippen molar-refractivity contribution in [3.05, 3.63) is 30.1 Å². The summed E-state index contributed by atoms with van der Waals surface area (Å²) in [6, 6.07) is 3.82. The zero-order valence-corrected chi connectivity index (χ0v) is 11.0. The largest absolute Gasteiger partial charge is 0.349 e. The molecule has 1 aromatic heterocycles. The van der Waals surface area contributed by atoms with E-state index in [1.54, 1.807) is 12.4 Å². The standard InChI is InChI=1S/C14H21N3O/c1-10-6-14(7-10,9-15)13(18)17-11(2)12-4-3-5-16-8-12/h3-5,8,10-11H,6-7,9,15H2,1-2H3,(H,17,18). The van der Waals surface area contributed by atoms with Gasteiger partial charge in [-0.25, -0.2) is 0 Å². The maximum atomic E-state index is 12.3. The fourth-order valence-corrected chi connectivity index (χ4v) is 2.78. The van der Waals surface area contributed by atoms with Gasteiger partial charge in [0.2, 0.25) is 5.91 Å². The van der Waals surface area contributed by atoms with E-state index in [0.29, 0.717) is 12.5 Å². The highest BCUT2D eigenvalue weighted by Crippen LogP contribution is 2.45. The molecule has 1 amide bonds. The topological polar surface area (TPSA) is 68.0 Å². The minimum atomic E-state index is -0.337. The fourth-order valence-electron chi connectivity index (χ4n) is 2.78. The first-order valence-corrected chi connectivity index (χ1v) is 6.48. The van der Waals surface area contributed by atoms with E-state index >= 15 is 0 Å². The molecule has 1 fully saturated rings. The van der Waals surface area contributed by atoms with Crippen LogP contribution in [-0.4, -0.2) is 17.4 Å². The number of pyridine rings is 1. The molecule has 1 aliphatic carbocycles. The Morgan fingerprint density at radius 1 is 1.67 bits per heavy atom. The average molecular weight is 247 g/mol. The Kier molecular flexibility index (Phi) is 3.66. The van der Waals surface area contributed by atoms with Crippen LogP contribution in [0.2, 0.25) is 0 Å². The summed E-state index contributed by atoms with van der Waals surface area (Å²) in [7, 11) is 0. The molecule has 1 aromatic rings. The summed E-state index contributed by atoms with van der Waals surface area (Å²) in [6.07, 6.45) is 5.31. The quantitative estimate of drug-likeness (QED) is 0.849. The van der Waals surface area contributed by atoms with Crippen molar-refractivity contribution in [2.24, 2.45) is 17.1 Å². The summed E-state index contributed by atoms with van der Waals surface area (Å²) < 4.78 is 0. The smallest absolute Gasteiger partial charge is 0.227 e. The zero-order chi connectivity index (χ0) is 13.2.